The van der Waals surface area contributed by atoms with Gasteiger partial charge >= 0.3 is 5.97 Å². The predicted octanol–water partition coefficient (Wildman–Crippen LogP) is 4.78. The second kappa shape index (κ2) is 12.6. The first-order valence-electron chi connectivity index (χ1n) is 11.6. The number of carboxylic acids is 1. The smallest absolute Gasteiger partial charge is 0.303 e. The number of benzene rings is 3. The lowest BCUT2D eigenvalue weighted by molar-refractivity contribution is -0.136. The molecule has 0 fully saturated rings. The Kier molecular flexibility index (Phi) is 9.48. The number of sulfonamides is 1. The molecule has 3 aromatic rings. The third-order valence-corrected chi connectivity index (χ3v) is 7.94. The molecule has 0 aliphatic heterocycles. The van der Waals surface area contributed by atoms with Gasteiger partial charge in [0.05, 0.1) is 22.1 Å². The molecule has 0 aliphatic carbocycles. The van der Waals surface area contributed by atoms with Crippen molar-refractivity contribution in [3.05, 3.63) is 90.0 Å². The van der Waals surface area contributed by atoms with Gasteiger partial charge in [0.15, 0.2) is 9.84 Å². The molecule has 2 N–H and O–H groups in total. The second-order valence-electron chi connectivity index (χ2n) is 8.31. The number of hydrogen-bond donors (Lipinski definition) is 2. The lowest BCUT2D eigenvalue weighted by Crippen LogP contribution is -2.16. The van der Waals surface area contributed by atoms with Crippen molar-refractivity contribution in [2.75, 3.05) is 17.6 Å². The van der Waals surface area contributed by atoms with E-state index in [4.69, 9.17) is 9.84 Å². The van der Waals surface area contributed by atoms with Crippen LogP contribution >= 0.6 is 0 Å². The lowest BCUT2D eigenvalue weighted by Gasteiger charge is -2.14. The van der Waals surface area contributed by atoms with Crippen molar-refractivity contribution in [1.29, 1.82) is 0 Å². The van der Waals surface area contributed by atoms with E-state index in [1.54, 1.807) is 48.6 Å². The molecular formula is C27H29NO7S2. The molecule has 0 spiro atoms. The van der Waals surface area contributed by atoms with Crippen LogP contribution in [0.2, 0.25) is 0 Å². The van der Waals surface area contributed by atoms with Crippen LogP contribution in [0.4, 0.5) is 5.69 Å². The third-order valence-electron chi connectivity index (χ3n) is 5.37. The summed E-state index contributed by atoms with van der Waals surface area (Å²) in [4.78, 5) is 10.8. The molecular weight excluding hydrogens is 514 g/mol. The highest BCUT2D eigenvalue weighted by atomic mass is 32.2. The molecule has 0 heterocycles. The topological polar surface area (TPSA) is 127 Å². The van der Waals surface area contributed by atoms with E-state index in [2.05, 4.69) is 4.72 Å². The molecule has 8 nitrogen and oxygen atoms in total. The van der Waals surface area contributed by atoms with Gasteiger partial charge < -0.3 is 9.84 Å². The minimum atomic E-state index is -3.97. The maximum atomic E-state index is 12.8. The fourth-order valence-electron chi connectivity index (χ4n) is 3.67. The number of carboxylic acid groups (broad SMARTS) is 1. The summed E-state index contributed by atoms with van der Waals surface area (Å²) < 4.78 is 58.9. The molecule has 0 aliphatic rings. The Morgan fingerprint density at radius 3 is 2.35 bits per heavy atom. The van der Waals surface area contributed by atoms with Gasteiger partial charge in [-0.25, -0.2) is 16.8 Å². The van der Waals surface area contributed by atoms with Crippen LogP contribution in [0.25, 0.3) is 6.08 Å². The number of aryl methyl sites for hydroxylation is 1. The number of para-hydroxylation sites is 1. The van der Waals surface area contributed by atoms with Crippen LogP contribution in [0.15, 0.2) is 88.7 Å². The van der Waals surface area contributed by atoms with Crippen LogP contribution in [-0.2, 0) is 31.1 Å². The first-order valence-corrected chi connectivity index (χ1v) is 15.0. The molecule has 10 heteroatoms. The number of nitrogens with one attached hydrogen (secondary N) is 1. The second-order valence-corrected chi connectivity index (χ2v) is 11.9. The molecule has 0 radical (unpaired) electrons. The molecule has 0 saturated heterocycles. The zero-order valence-corrected chi connectivity index (χ0v) is 22.0. The molecule has 0 amide bonds. The third kappa shape index (κ3) is 8.19. The van der Waals surface area contributed by atoms with E-state index < -0.39 is 25.8 Å². The summed E-state index contributed by atoms with van der Waals surface area (Å²) >= 11 is 0. The highest BCUT2D eigenvalue weighted by molar-refractivity contribution is 7.93. The van der Waals surface area contributed by atoms with Gasteiger partial charge in [-0.05, 0) is 54.7 Å². The van der Waals surface area contributed by atoms with Crippen LogP contribution in [0.5, 0.6) is 5.75 Å². The molecule has 0 unspecified atom stereocenters. The average Bonchev–Trinajstić information content (AvgIpc) is 2.85. The van der Waals surface area contributed by atoms with Crippen LogP contribution in [0, 0.1) is 0 Å². The van der Waals surface area contributed by atoms with E-state index >= 15 is 0 Å². The average molecular weight is 544 g/mol. The van der Waals surface area contributed by atoms with E-state index in [9.17, 15) is 21.6 Å². The molecule has 0 aromatic heterocycles. The molecule has 196 valence electrons. The van der Waals surface area contributed by atoms with Crippen molar-refractivity contribution in [3.63, 3.8) is 0 Å². The van der Waals surface area contributed by atoms with Gasteiger partial charge in [0.1, 0.15) is 5.75 Å². The van der Waals surface area contributed by atoms with Crippen molar-refractivity contribution < 1.29 is 31.5 Å². The van der Waals surface area contributed by atoms with Crippen LogP contribution in [0.1, 0.15) is 30.4 Å². The van der Waals surface area contributed by atoms with Crippen molar-refractivity contribution in [3.8, 4) is 5.75 Å². The van der Waals surface area contributed by atoms with E-state index in [-0.39, 0.29) is 21.9 Å². The van der Waals surface area contributed by atoms with E-state index in [1.165, 1.54) is 18.2 Å². The number of anilines is 1. The van der Waals surface area contributed by atoms with Crippen molar-refractivity contribution in [2.24, 2.45) is 0 Å². The van der Waals surface area contributed by atoms with Gasteiger partial charge in [0.2, 0.25) is 0 Å². The van der Waals surface area contributed by atoms with Gasteiger partial charge in [0.25, 0.3) is 10.0 Å². The molecule has 3 aromatic carbocycles. The summed E-state index contributed by atoms with van der Waals surface area (Å²) in [5.74, 6) is -0.226. The molecule has 0 saturated carbocycles. The Morgan fingerprint density at radius 1 is 0.946 bits per heavy atom. The summed E-state index contributed by atoms with van der Waals surface area (Å²) in [6.45, 7) is 0.393. The zero-order valence-electron chi connectivity index (χ0n) is 20.3. The van der Waals surface area contributed by atoms with Crippen LogP contribution in [0.3, 0.4) is 0 Å². The summed E-state index contributed by atoms with van der Waals surface area (Å²) in [5.41, 5.74) is 1.18. The Hall–Kier alpha value is -3.63. The molecule has 3 rings (SSSR count). The monoisotopic (exact) mass is 543 g/mol. The summed E-state index contributed by atoms with van der Waals surface area (Å²) in [6.07, 6.45) is 6.11. The number of rotatable bonds is 13. The number of carbonyl (C=O) groups is 1. The lowest BCUT2D eigenvalue weighted by atomic mass is 10.1. The Labute approximate surface area is 217 Å². The van der Waals surface area contributed by atoms with Crippen LogP contribution < -0.4 is 9.46 Å². The van der Waals surface area contributed by atoms with Gasteiger partial charge in [-0.2, -0.15) is 0 Å². The minimum Gasteiger partial charge on any atom is -0.493 e. The SMILES string of the molecule is CS(=O)(=O)c1c(/C=C/CCCOc2ccccc2CCC(=O)O)cccc1NS(=O)(=O)c1ccccc1. The molecule has 0 atom stereocenters. The number of aliphatic carboxylic acids is 1. The fraction of sp³-hybridized carbons (Fsp3) is 0.222. The summed E-state index contributed by atoms with van der Waals surface area (Å²) in [6, 6.07) is 19.6. The zero-order chi connectivity index (χ0) is 26.9. The van der Waals surface area contributed by atoms with Crippen molar-refractivity contribution in [1.82, 2.24) is 0 Å². The number of allylic oxidation sites excluding steroid dienone is 1. The van der Waals surface area contributed by atoms with E-state index in [0.717, 1.165) is 11.8 Å². The Balaban J connectivity index is 1.68. The minimum absolute atomic E-state index is 0.0187. The maximum Gasteiger partial charge on any atom is 0.303 e. The Bertz CT molecular complexity index is 1470. The fourth-order valence-corrected chi connectivity index (χ4v) is 5.91. The number of sulfone groups is 1. The standard InChI is InChI=1S/C27H29NO7S2/c1-36(31,32)27-22(13-10-16-24(27)28-37(33,34)23-14-5-2-6-15-23)12-4-3-9-20-35-25-17-8-7-11-21(25)18-19-26(29)30/h2,4-8,10-17,28H,3,9,18-20H2,1H3,(H,29,30)/b12-4+. The van der Waals surface area contributed by atoms with E-state index in [1.807, 2.05) is 18.2 Å². The van der Waals surface area contributed by atoms with Gasteiger partial charge in [0, 0.05) is 12.7 Å². The van der Waals surface area contributed by atoms with Gasteiger partial charge in [-0.3, -0.25) is 9.52 Å². The normalized spacial score (nSPS) is 11.9. The van der Waals surface area contributed by atoms with Gasteiger partial charge in [-0.15, -0.1) is 0 Å². The Morgan fingerprint density at radius 2 is 1.65 bits per heavy atom. The van der Waals surface area contributed by atoms with E-state index in [0.29, 0.717) is 37.2 Å². The summed E-state index contributed by atoms with van der Waals surface area (Å²) in [5, 5.41) is 8.91. The first-order chi connectivity index (χ1) is 17.6. The number of unbranched alkanes of at least 4 members (excludes halogenated alkanes) is 1. The quantitative estimate of drug-likeness (QED) is 0.297. The van der Waals surface area contributed by atoms with Crippen LogP contribution in [-0.4, -0.2) is 40.8 Å². The highest BCUT2D eigenvalue weighted by Crippen LogP contribution is 2.29. The number of hydrogen-bond acceptors (Lipinski definition) is 6. The van der Waals surface area contributed by atoms with Crippen molar-refractivity contribution >= 4 is 37.6 Å². The van der Waals surface area contributed by atoms with Gasteiger partial charge in [-0.1, -0.05) is 60.7 Å². The number of ether oxygens (including phenoxy) is 1. The molecule has 37 heavy (non-hydrogen) atoms. The predicted molar refractivity (Wildman–Crippen MR) is 143 cm³/mol. The van der Waals surface area contributed by atoms with Crippen molar-refractivity contribution in [2.45, 2.75) is 35.5 Å². The summed E-state index contributed by atoms with van der Waals surface area (Å²) in [7, 11) is -7.74. The largest absolute Gasteiger partial charge is 0.493 e. The highest BCUT2D eigenvalue weighted by Gasteiger charge is 2.22. The molecule has 0 bridgehead atoms. The maximum absolute atomic E-state index is 12.8. The first kappa shape index (κ1) is 27.9.